The van der Waals surface area contributed by atoms with Crippen molar-refractivity contribution in [2.24, 2.45) is 0 Å². The van der Waals surface area contributed by atoms with E-state index in [2.05, 4.69) is 5.32 Å². The van der Waals surface area contributed by atoms with Crippen molar-refractivity contribution < 1.29 is 9.59 Å². The highest BCUT2D eigenvalue weighted by Crippen LogP contribution is 2.22. The second kappa shape index (κ2) is 5.58. The van der Waals surface area contributed by atoms with E-state index >= 15 is 0 Å². The maximum atomic E-state index is 12.2. The largest absolute Gasteiger partial charge is 0.325 e. The summed E-state index contributed by atoms with van der Waals surface area (Å²) in [5.74, 6) is -0.342. The Morgan fingerprint density at radius 2 is 2.00 bits per heavy atom. The lowest BCUT2D eigenvalue weighted by Crippen LogP contribution is -2.33. The molecule has 1 N–H and O–H groups in total. The number of fused-ring (bicyclic) bond motifs is 1. The predicted octanol–water partition coefficient (Wildman–Crippen LogP) is 2.93. The quantitative estimate of drug-likeness (QED) is 0.947. The SMILES string of the molecule is O=C(CN1Cc2ccccc2C1=O)Nc1cccc(Cl)c1. The highest BCUT2D eigenvalue weighted by Gasteiger charge is 2.28. The number of nitrogens with one attached hydrogen (secondary N) is 1. The summed E-state index contributed by atoms with van der Waals surface area (Å²) in [5, 5.41) is 3.29. The molecule has 0 saturated heterocycles. The minimum absolute atomic E-state index is 0.0278. The Kier molecular flexibility index (Phi) is 3.62. The van der Waals surface area contributed by atoms with Gasteiger partial charge in [-0.1, -0.05) is 35.9 Å². The zero-order valence-electron chi connectivity index (χ0n) is 11.2. The van der Waals surface area contributed by atoms with Crippen LogP contribution in [0.4, 0.5) is 5.69 Å². The van der Waals surface area contributed by atoms with Gasteiger partial charge in [0.05, 0.1) is 0 Å². The third kappa shape index (κ3) is 2.90. The molecule has 2 aromatic rings. The number of amides is 2. The minimum Gasteiger partial charge on any atom is -0.325 e. The average molecular weight is 301 g/mol. The number of halogens is 1. The standard InChI is InChI=1S/C16H13ClN2O2/c17-12-5-3-6-13(8-12)18-15(20)10-19-9-11-4-1-2-7-14(11)16(19)21/h1-8H,9-10H2,(H,18,20). The van der Waals surface area contributed by atoms with Crippen molar-refractivity contribution >= 4 is 29.1 Å². The summed E-state index contributed by atoms with van der Waals surface area (Å²) in [6.45, 7) is 0.498. The molecule has 0 spiro atoms. The molecule has 4 nitrogen and oxygen atoms in total. The average Bonchev–Trinajstić information content (AvgIpc) is 2.76. The summed E-state index contributed by atoms with van der Waals surface area (Å²) in [4.78, 5) is 25.7. The van der Waals surface area contributed by atoms with Gasteiger partial charge in [0.2, 0.25) is 5.91 Å². The summed E-state index contributed by atoms with van der Waals surface area (Å²) in [6.07, 6.45) is 0. The van der Waals surface area contributed by atoms with E-state index in [1.165, 1.54) is 4.90 Å². The molecule has 5 heteroatoms. The molecule has 0 aliphatic carbocycles. The third-order valence-electron chi connectivity index (χ3n) is 3.34. The van der Waals surface area contributed by atoms with Crippen molar-refractivity contribution in [3.63, 3.8) is 0 Å². The molecule has 0 radical (unpaired) electrons. The first kappa shape index (κ1) is 13.6. The Morgan fingerprint density at radius 3 is 2.76 bits per heavy atom. The van der Waals surface area contributed by atoms with Crippen LogP contribution in [0.3, 0.4) is 0 Å². The molecule has 106 valence electrons. The van der Waals surface area contributed by atoms with E-state index in [4.69, 9.17) is 11.6 Å². The molecule has 3 rings (SSSR count). The van der Waals surface area contributed by atoms with Gasteiger partial charge < -0.3 is 10.2 Å². The van der Waals surface area contributed by atoms with Gasteiger partial charge in [0.15, 0.2) is 0 Å². The molecular weight excluding hydrogens is 288 g/mol. The molecule has 0 fully saturated rings. The van der Waals surface area contributed by atoms with Crippen LogP contribution in [0, 0.1) is 0 Å². The van der Waals surface area contributed by atoms with Gasteiger partial charge in [0, 0.05) is 22.8 Å². The monoisotopic (exact) mass is 300 g/mol. The van der Waals surface area contributed by atoms with Crippen LogP contribution in [0.1, 0.15) is 15.9 Å². The fourth-order valence-corrected chi connectivity index (χ4v) is 2.57. The molecular formula is C16H13ClN2O2. The van der Waals surface area contributed by atoms with Crippen LogP contribution in [0.25, 0.3) is 0 Å². The van der Waals surface area contributed by atoms with Gasteiger partial charge in [-0.15, -0.1) is 0 Å². The molecule has 0 atom stereocenters. The second-order valence-corrected chi connectivity index (χ2v) is 5.31. The minimum atomic E-state index is -0.238. The fourth-order valence-electron chi connectivity index (χ4n) is 2.38. The van der Waals surface area contributed by atoms with E-state index in [0.717, 1.165) is 5.56 Å². The van der Waals surface area contributed by atoms with E-state index in [1.807, 2.05) is 18.2 Å². The summed E-state index contributed by atoms with van der Waals surface area (Å²) < 4.78 is 0. The Balaban J connectivity index is 1.66. The Labute approximate surface area is 127 Å². The van der Waals surface area contributed by atoms with Gasteiger partial charge in [-0.05, 0) is 29.8 Å². The number of nitrogens with zero attached hydrogens (tertiary/aromatic N) is 1. The van der Waals surface area contributed by atoms with Crippen molar-refractivity contribution in [1.29, 1.82) is 0 Å². The van der Waals surface area contributed by atoms with Gasteiger partial charge in [0.1, 0.15) is 6.54 Å². The van der Waals surface area contributed by atoms with Crippen LogP contribution in [0.15, 0.2) is 48.5 Å². The molecule has 0 bridgehead atoms. The summed E-state index contributed by atoms with van der Waals surface area (Å²) in [6, 6.07) is 14.3. The normalized spacial score (nSPS) is 13.2. The molecule has 0 aromatic heterocycles. The lowest BCUT2D eigenvalue weighted by atomic mass is 10.1. The number of hydrogen-bond donors (Lipinski definition) is 1. The molecule has 21 heavy (non-hydrogen) atoms. The third-order valence-corrected chi connectivity index (χ3v) is 3.57. The molecule has 1 aliphatic heterocycles. The molecule has 1 heterocycles. The lowest BCUT2D eigenvalue weighted by molar-refractivity contribution is -0.116. The first-order valence-electron chi connectivity index (χ1n) is 6.56. The van der Waals surface area contributed by atoms with Crippen LogP contribution in [-0.2, 0) is 11.3 Å². The first-order valence-corrected chi connectivity index (χ1v) is 6.94. The number of hydrogen-bond acceptors (Lipinski definition) is 2. The van der Waals surface area contributed by atoms with Gasteiger partial charge in [-0.3, -0.25) is 9.59 Å². The predicted molar refractivity (Wildman–Crippen MR) is 81.3 cm³/mol. The summed E-state index contributed by atoms with van der Waals surface area (Å²) >= 11 is 5.87. The molecule has 0 unspecified atom stereocenters. The Bertz CT molecular complexity index is 715. The second-order valence-electron chi connectivity index (χ2n) is 4.88. The Hall–Kier alpha value is -2.33. The number of benzene rings is 2. The molecule has 2 amide bonds. The van der Waals surface area contributed by atoms with Gasteiger partial charge in [0.25, 0.3) is 5.91 Å². The van der Waals surface area contributed by atoms with Crippen molar-refractivity contribution in [2.45, 2.75) is 6.54 Å². The van der Waals surface area contributed by atoms with E-state index in [9.17, 15) is 9.59 Å². The van der Waals surface area contributed by atoms with Crippen molar-refractivity contribution in [3.8, 4) is 0 Å². The summed E-state index contributed by atoms with van der Waals surface area (Å²) in [7, 11) is 0. The van der Waals surface area contributed by atoms with E-state index in [0.29, 0.717) is 22.8 Å². The zero-order valence-corrected chi connectivity index (χ0v) is 11.9. The van der Waals surface area contributed by atoms with Crippen LogP contribution in [-0.4, -0.2) is 23.3 Å². The van der Waals surface area contributed by atoms with Gasteiger partial charge in [-0.25, -0.2) is 0 Å². The van der Waals surface area contributed by atoms with E-state index < -0.39 is 0 Å². The van der Waals surface area contributed by atoms with Crippen LogP contribution >= 0.6 is 11.6 Å². The highest BCUT2D eigenvalue weighted by molar-refractivity contribution is 6.30. The molecule has 1 aliphatic rings. The smallest absolute Gasteiger partial charge is 0.254 e. The van der Waals surface area contributed by atoms with Crippen LogP contribution in [0.5, 0.6) is 0 Å². The van der Waals surface area contributed by atoms with E-state index in [-0.39, 0.29) is 18.4 Å². The maximum Gasteiger partial charge on any atom is 0.254 e. The molecule has 0 saturated carbocycles. The first-order chi connectivity index (χ1) is 10.1. The molecule has 2 aromatic carbocycles. The van der Waals surface area contributed by atoms with Crippen molar-refractivity contribution in [1.82, 2.24) is 4.90 Å². The van der Waals surface area contributed by atoms with Crippen molar-refractivity contribution in [3.05, 3.63) is 64.7 Å². The van der Waals surface area contributed by atoms with Crippen LogP contribution in [0.2, 0.25) is 5.02 Å². The van der Waals surface area contributed by atoms with Crippen LogP contribution < -0.4 is 5.32 Å². The number of carbonyl (C=O) groups excluding carboxylic acids is 2. The highest BCUT2D eigenvalue weighted by atomic mass is 35.5. The van der Waals surface area contributed by atoms with Gasteiger partial charge in [-0.2, -0.15) is 0 Å². The maximum absolute atomic E-state index is 12.2. The fraction of sp³-hybridized carbons (Fsp3) is 0.125. The zero-order chi connectivity index (χ0) is 14.8. The number of carbonyl (C=O) groups is 2. The summed E-state index contributed by atoms with van der Waals surface area (Å²) in [5.41, 5.74) is 2.25. The lowest BCUT2D eigenvalue weighted by Gasteiger charge is -2.15. The van der Waals surface area contributed by atoms with Gasteiger partial charge >= 0.3 is 0 Å². The topological polar surface area (TPSA) is 49.4 Å². The van der Waals surface area contributed by atoms with E-state index in [1.54, 1.807) is 30.3 Å². The Morgan fingerprint density at radius 1 is 1.19 bits per heavy atom. The number of rotatable bonds is 3. The number of anilines is 1. The van der Waals surface area contributed by atoms with Crippen molar-refractivity contribution in [2.75, 3.05) is 11.9 Å².